The highest BCUT2D eigenvalue weighted by molar-refractivity contribution is 7.19. The number of rotatable bonds is 0. The van der Waals surface area contributed by atoms with E-state index in [1.165, 1.54) is 28.7 Å². The molecule has 0 bridgehead atoms. The molecule has 92 valence electrons. The molecule has 0 unspecified atom stereocenters. The molecule has 0 spiro atoms. The normalized spacial score (nSPS) is 19.6. The standard InChI is InChI=1S/C13H14N4S/c1-7-3-4-10-9(5-7)11-12-15-8(2)16-17(12)6-14-13(11)18-10/h6-7H,3-5H2,1-2H3/t7-/m1/s1. The minimum Gasteiger partial charge on any atom is -0.225 e. The van der Waals surface area contributed by atoms with E-state index in [-0.39, 0.29) is 0 Å². The quantitative estimate of drug-likeness (QED) is 0.622. The van der Waals surface area contributed by atoms with Gasteiger partial charge >= 0.3 is 0 Å². The summed E-state index contributed by atoms with van der Waals surface area (Å²) in [7, 11) is 0. The lowest BCUT2D eigenvalue weighted by atomic mass is 9.89. The van der Waals surface area contributed by atoms with E-state index < -0.39 is 0 Å². The first-order valence-electron chi connectivity index (χ1n) is 6.34. The van der Waals surface area contributed by atoms with Crippen LogP contribution in [0.1, 0.15) is 29.6 Å². The summed E-state index contributed by atoms with van der Waals surface area (Å²) in [6.07, 6.45) is 5.42. The predicted octanol–water partition coefficient (Wildman–Crippen LogP) is 2.77. The molecule has 0 radical (unpaired) electrons. The molecule has 0 saturated carbocycles. The van der Waals surface area contributed by atoms with Crippen LogP contribution in [-0.2, 0) is 12.8 Å². The molecule has 3 heterocycles. The maximum atomic E-state index is 4.57. The first-order chi connectivity index (χ1) is 8.72. The Morgan fingerprint density at radius 3 is 3.22 bits per heavy atom. The maximum absolute atomic E-state index is 4.57. The summed E-state index contributed by atoms with van der Waals surface area (Å²) >= 11 is 1.83. The molecule has 4 rings (SSSR count). The van der Waals surface area contributed by atoms with Gasteiger partial charge in [-0.05, 0) is 37.7 Å². The summed E-state index contributed by atoms with van der Waals surface area (Å²) in [5, 5.41) is 5.60. The monoisotopic (exact) mass is 258 g/mol. The van der Waals surface area contributed by atoms with E-state index in [1.807, 2.05) is 22.8 Å². The minimum atomic E-state index is 0.763. The van der Waals surface area contributed by atoms with Crippen LogP contribution in [0.3, 0.4) is 0 Å². The van der Waals surface area contributed by atoms with Crippen molar-refractivity contribution in [3.63, 3.8) is 0 Å². The first kappa shape index (κ1) is 10.4. The Bertz CT molecular complexity index is 755. The van der Waals surface area contributed by atoms with Crippen LogP contribution in [0.4, 0.5) is 0 Å². The maximum Gasteiger partial charge on any atom is 0.167 e. The lowest BCUT2D eigenvalue weighted by Crippen LogP contribution is -2.09. The molecule has 0 aromatic carbocycles. The van der Waals surface area contributed by atoms with E-state index in [0.717, 1.165) is 28.6 Å². The van der Waals surface area contributed by atoms with Crippen molar-refractivity contribution in [1.82, 2.24) is 19.6 Å². The van der Waals surface area contributed by atoms with Crippen LogP contribution in [0, 0.1) is 12.8 Å². The minimum absolute atomic E-state index is 0.763. The summed E-state index contributed by atoms with van der Waals surface area (Å²) in [5.41, 5.74) is 2.45. The van der Waals surface area contributed by atoms with E-state index in [2.05, 4.69) is 22.0 Å². The van der Waals surface area contributed by atoms with Crippen molar-refractivity contribution in [3.05, 3.63) is 22.6 Å². The summed E-state index contributed by atoms with van der Waals surface area (Å²) in [6, 6.07) is 0. The topological polar surface area (TPSA) is 43.1 Å². The molecule has 18 heavy (non-hydrogen) atoms. The molecule has 1 aliphatic rings. The van der Waals surface area contributed by atoms with Gasteiger partial charge in [-0.3, -0.25) is 0 Å². The molecule has 1 atom stereocenters. The largest absolute Gasteiger partial charge is 0.225 e. The molecule has 0 saturated heterocycles. The summed E-state index contributed by atoms with van der Waals surface area (Å²) in [6.45, 7) is 4.26. The van der Waals surface area contributed by atoms with Gasteiger partial charge in [-0.2, -0.15) is 5.10 Å². The van der Waals surface area contributed by atoms with Gasteiger partial charge in [0.1, 0.15) is 17.0 Å². The lowest BCUT2D eigenvalue weighted by Gasteiger charge is -2.17. The average Bonchev–Trinajstić information content (AvgIpc) is 2.87. The number of thiophene rings is 1. The fraction of sp³-hybridized carbons (Fsp3) is 0.462. The van der Waals surface area contributed by atoms with Gasteiger partial charge in [0.15, 0.2) is 5.65 Å². The van der Waals surface area contributed by atoms with Gasteiger partial charge in [0.25, 0.3) is 0 Å². The molecule has 1 aliphatic carbocycles. The van der Waals surface area contributed by atoms with Crippen LogP contribution in [0.2, 0.25) is 0 Å². The van der Waals surface area contributed by atoms with Gasteiger partial charge in [-0.25, -0.2) is 14.5 Å². The Morgan fingerprint density at radius 1 is 1.44 bits per heavy atom. The van der Waals surface area contributed by atoms with Crippen molar-refractivity contribution in [2.24, 2.45) is 5.92 Å². The van der Waals surface area contributed by atoms with Crippen LogP contribution in [0.25, 0.3) is 15.9 Å². The number of nitrogens with zero attached hydrogens (tertiary/aromatic N) is 4. The highest BCUT2D eigenvalue weighted by Gasteiger charge is 2.23. The van der Waals surface area contributed by atoms with Gasteiger partial charge in [0.2, 0.25) is 0 Å². The Kier molecular flexibility index (Phi) is 2.03. The third-order valence-corrected chi connectivity index (χ3v) is 4.93. The molecule has 0 N–H and O–H groups in total. The molecule has 0 aliphatic heterocycles. The Labute approximate surface area is 109 Å². The second-order valence-corrected chi connectivity index (χ2v) is 6.29. The number of aryl methyl sites for hydroxylation is 2. The second kappa shape index (κ2) is 3.51. The zero-order valence-corrected chi connectivity index (χ0v) is 11.3. The fourth-order valence-electron chi connectivity index (χ4n) is 2.85. The van der Waals surface area contributed by atoms with Crippen LogP contribution in [0.5, 0.6) is 0 Å². The highest BCUT2D eigenvalue weighted by atomic mass is 32.1. The number of fused-ring (bicyclic) bond motifs is 5. The van der Waals surface area contributed by atoms with E-state index >= 15 is 0 Å². The van der Waals surface area contributed by atoms with Gasteiger partial charge < -0.3 is 0 Å². The SMILES string of the molecule is Cc1nc2c3c4c(sc3ncn2n1)CC[C@@H](C)C4. The molecule has 5 heteroatoms. The molecule has 3 aromatic heterocycles. The van der Waals surface area contributed by atoms with Crippen molar-refractivity contribution >= 4 is 27.2 Å². The van der Waals surface area contributed by atoms with Gasteiger partial charge in [-0.15, -0.1) is 11.3 Å². The fourth-order valence-corrected chi connectivity index (χ4v) is 4.03. The van der Waals surface area contributed by atoms with Crippen LogP contribution in [0.15, 0.2) is 6.33 Å². The summed E-state index contributed by atoms with van der Waals surface area (Å²) in [4.78, 5) is 11.7. The van der Waals surface area contributed by atoms with Gasteiger partial charge in [0, 0.05) is 4.88 Å². The van der Waals surface area contributed by atoms with E-state index in [1.54, 1.807) is 6.33 Å². The highest BCUT2D eigenvalue weighted by Crippen LogP contribution is 2.38. The average molecular weight is 258 g/mol. The summed E-state index contributed by atoms with van der Waals surface area (Å²) < 4.78 is 1.81. The lowest BCUT2D eigenvalue weighted by molar-refractivity contribution is 0.508. The van der Waals surface area contributed by atoms with Crippen LogP contribution < -0.4 is 0 Å². The molecule has 0 amide bonds. The first-order valence-corrected chi connectivity index (χ1v) is 7.16. The van der Waals surface area contributed by atoms with E-state index in [4.69, 9.17) is 0 Å². The Balaban J connectivity index is 2.13. The van der Waals surface area contributed by atoms with E-state index in [0.29, 0.717) is 0 Å². The van der Waals surface area contributed by atoms with E-state index in [9.17, 15) is 0 Å². The molecule has 4 nitrogen and oxygen atoms in total. The zero-order chi connectivity index (χ0) is 12.3. The number of hydrogen-bond donors (Lipinski definition) is 0. The zero-order valence-electron chi connectivity index (χ0n) is 10.5. The molecular formula is C13H14N4S. The molecular weight excluding hydrogens is 244 g/mol. The predicted molar refractivity (Wildman–Crippen MR) is 72.1 cm³/mol. The van der Waals surface area contributed by atoms with Crippen molar-refractivity contribution in [2.45, 2.75) is 33.1 Å². The van der Waals surface area contributed by atoms with Crippen molar-refractivity contribution < 1.29 is 0 Å². The Morgan fingerprint density at radius 2 is 2.33 bits per heavy atom. The van der Waals surface area contributed by atoms with Crippen molar-refractivity contribution in [1.29, 1.82) is 0 Å². The molecule has 0 fully saturated rings. The van der Waals surface area contributed by atoms with Crippen molar-refractivity contribution in [2.75, 3.05) is 0 Å². The smallest absolute Gasteiger partial charge is 0.167 e. The third-order valence-electron chi connectivity index (χ3n) is 3.73. The van der Waals surface area contributed by atoms with Gasteiger partial charge in [0.05, 0.1) is 5.39 Å². The van der Waals surface area contributed by atoms with Crippen LogP contribution >= 0.6 is 11.3 Å². The summed E-state index contributed by atoms with van der Waals surface area (Å²) in [5.74, 6) is 1.58. The second-order valence-electron chi connectivity index (χ2n) is 5.20. The Hall–Kier alpha value is -1.49. The third kappa shape index (κ3) is 1.34. The molecule has 3 aromatic rings. The number of aromatic nitrogens is 4. The van der Waals surface area contributed by atoms with Gasteiger partial charge in [-0.1, -0.05) is 6.92 Å². The number of hydrogen-bond acceptors (Lipinski definition) is 4. The van der Waals surface area contributed by atoms with Crippen LogP contribution in [-0.4, -0.2) is 19.6 Å². The van der Waals surface area contributed by atoms with Crippen molar-refractivity contribution in [3.8, 4) is 0 Å².